The van der Waals surface area contributed by atoms with Crippen LogP contribution in [-0.2, 0) is 0 Å². The normalized spacial score (nSPS) is 20.1. The summed E-state index contributed by atoms with van der Waals surface area (Å²) in [4.78, 5) is 4.77. The first-order valence-corrected chi connectivity index (χ1v) is 8.96. The van der Waals surface area contributed by atoms with Crippen LogP contribution in [0.1, 0.15) is 37.3 Å². The van der Waals surface area contributed by atoms with Gasteiger partial charge in [0.05, 0.1) is 0 Å². The van der Waals surface area contributed by atoms with Crippen LogP contribution in [0.3, 0.4) is 0 Å². The third-order valence-corrected chi connectivity index (χ3v) is 5.54. The van der Waals surface area contributed by atoms with Crippen molar-refractivity contribution in [3.63, 3.8) is 0 Å². The van der Waals surface area contributed by atoms with E-state index in [4.69, 9.17) is 11.6 Å². The first-order chi connectivity index (χ1) is 10.7. The molecule has 0 bridgehead atoms. The SMILES string of the molecule is CN(C)c1ccc([C@H](C2CCCC2)N2CCNCC2)c(Cl)c1.Cl.Cl. The molecule has 0 aromatic heterocycles. The number of benzene rings is 1. The third kappa shape index (κ3) is 4.92. The van der Waals surface area contributed by atoms with E-state index in [2.05, 4.69) is 47.4 Å². The molecular formula is C18H30Cl3N3. The van der Waals surface area contributed by atoms with Crippen LogP contribution < -0.4 is 10.2 Å². The van der Waals surface area contributed by atoms with E-state index in [1.54, 1.807) is 0 Å². The molecule has 2 aliphatic rings. The fourth-order valence-corrected chi connectivity index (χ4v) is 4.30. The number of piperazine rings is 1. The average molecular weight is 395 g/mol. The van der Waals surface area contributed by atoms with Gasteiger partial charge >= 0.3 is 0 Å². The van der Waals surface area contributed by atoms with Gasteiger partial charge in [-0.25, -0.2) is 0 Å². The van der Waals surface area contributed by atoms with E-state index in [9.17, 15) is 0 Å². The highest BCUT2D eigenvalue weighted by Crippen LogP contribution is 2.42. The summed E-state index contributed by atoms with van der Waals surface area (Å²) in [5.74, 6) is 0.765. The van der Waals surface area contributed by atoms with Crippen molar-refractivity contribution in [2.45, 2.75) is 31.7 Å². The first kappa shape index (κ1) is 21.9. The maximum atomic E-state index is 6.70. The minimum atomic E-state index is 0. The molecule has 1 saturated carbocycles. The third-order valence-electron chi connectivity index (χ3n) is 5.21. The first-order valence-electron chi connectivity index (χ1n) is 8.58. The van der Waals surface area contributed by atoms with Crippen molar-refractivity contribution in [1.29, 1.82) is 0 Å². The maximum absolute atomic E-state index is 6.70. The van der Waals surface area contributed by atoms with E-state index in [0.717, 1.165) is 37.1 Å². The Labute approximate surface area is 163 Å². The Kier molecular flexibility index (Phi) is 9.18. The summed E-state index contributed by atoms with van der Waals surface area (Å²) in [5, 5.41) is 4.40. The molecule has 0 unspecified atom stereocenters. The highest BCUT2D eigenvalue weighted by atomic mass is 35.5. The Balaban J connectivity index is 0.00000144. The van der Waals surface area contributed by atoms with Crippen LogP contribution in [0.4, 0.5) is 5.69 Å². The highest BCUT2D eigenvalue weighted by Gasteiger charge is 2.33. The highest BCUT2D eigenvalue weighted by molar-refractivity contribution is 6.31. The molecule has 138 valence electrons. The maximum Gasteiger partial charge on any atom is 0.0474 e. The number of nitrogens with one attached hydrogen (secondary N) is 1. The van der Waals surface area contributed by atoms with Gasteiger partial charge in [0.1, 0.15) is 0 Å². The molecular weight excluding hydrogens is 365 g/mol. The number of nitrogens with zero attached hydrogens (tertiary/aromatic N) is 2. The number of hydrogen-bond donors (Lipinski definition) is 1. The molecule has 1 aliphatic carbocycles. The molecule has 1 N–H and O–H groups in total. The van der Waals surface area contributed by atoms with E-state index in [1.165, 1.54) is 36.9 Å². The average Bonchev–Trinajstić information content (AvgIpc) is 3.04. The van der Waals surface area contributed by atoms with Gasteiger partial charge in [0, 0.05) is 57.0 Å². The van der Waals surface area contributed by atoms with Crippen molar-refractivity contribution < 1.29 is 0 Å². The van der Waals surface area contributed by atoms with Gasteiger partial charge in [-0.15, -0.1) is 24.8 Å². The molecule has 3 rings (SSSR count). The number of rotatable bonds is 4. The second-order valence-corrected chi connectivity index (χ2v) is 7.28. The zero-order chi connectivity index (χ0) is 15.5. The van der Waals surface area contributed by atoms with Crippen LogP contribution in [0.2, 0.25) is 5.02 Å². The van der Waals surface area contributed by atoms with E-state index < -0.39 is 0 Å². The van der Waals surface area contributed by atoms with Crippen molar-refractivity contribution in [2.24, 2.45) is 5.92 Å². The summed E-state index contributed by atoms with van der Waals surface area (Å²) >= 11 is 6.70. The Hall–Kier alpha value is -0.190. The molecule has 3 nitrogen and oxygen atoms in total. The topological polar surface area (TPSA) is 18.5 Å². The number of hydrogen-bond acceptors (Lipinski definition) is 3. The number of anilines is 1. The second-order valence-electron chi connectivity index (χ2n) is 6.88. The zero-order valence-electron chi connectivity index (χ0n) is 14.6. The zero-order valence-corrected chi connectivity index (χ0v) is 17.0. The standard InChI is InChI=1S/C18H28ClN3.2ClH/c1-21(2)15-7-8-16(17(19)13-15)18(14-5-3-4-6-14)22-11-9-20-10-12-22;;/h7-8,13-14,18,20H,3-6,9-12H2,1-2H3;2*1H/t18-;;/m0../s1. The number of halogens is 3. The van der Waals surface area contributed by atoms with Crippen LogP contribution in [0, 0.1) is 5.92 Å². The minimum Gasteiger partial charge on any atom is -0.378 e. The molecule has 1 aromatic carbocycles. The predicted octanol–water partition coefficient (Wildman–Crippen LogP) is 4.39. The van der Waals surface area contributed by atoms with Gasteiger partial charge < -0.3 is 10.2 Å². The lowest BCUT2D eigenvalue weighted by atomic mass is 9.89. The summed E-state index contributed by atoms with van der Waals surface area (Å²) in [7, 11) is 4.13. The molecule has 2 fully saturated rings. The molecule has 1 heterocycles. The van der Waals surface area contributed by atoms with Gasteiger partial charge in [0.2, 0.25) is 0 Å². The Bertz CT molecular complexity index is 498. The Morgan fingerprint density at radius 3 is 2.29 bits per heavy atom. The quantitative estimate of drug-likeness (QED) is 0.817. The van der Waals surface area contributed by atoms with Crippen LogP contribution >= 0.6 is 36.4 Å². The monoisotopic (exact) mass is 393 g/mol. The smallest absolute Gasteiger partial charge is 0.0474 e. The fraction of sp³-hybridized carbons (Fsp3) is 0.667. The molecule has 24 heavy (non-hydrogen) atoms. The predicted molar refractivity (Wildman–Crippen MR) is 109 cm³/mol. The summed E-state index contributed by atoms with van der Waals surface area (Å²) in [6.07, 6.45) is 5.45. The van der Waals surface area contributed by atoms with Crippen molar-refractivity contribution >= 4 is 42.1 Å². The van der Waals surface area contributed by atoms with E-state index >= 15 is 0 Å². The molecule has 1 aliphatic heterocycles. The van der Waals surface area contributed by atoms with Crippen molar-refractivity contribution in [3.05, 3.63) is 28.8 Å². The summed E-state index contributed by atoms with van der Waals surface area (Å²) in [6, 6.07) is 7.10. The van der Waals surface area contributed by atoms with Gasteiger partial charge in [-0.3, -0.25) is 4.90 Å². The summed E-state index contributed by atoms with van der Waals surface area (Å²) in [5.41, 5.74) is 2.51. The molecule has 0 amide bonds. The van der Waals surface area contributed by atoms with Crippen molar-refractivity contribution in [3.8, 4) is 0 Å². The molecule has 0 radical (unpaired) electrons. The summed E-state index contributed by atoms with van der Waals surface area (Å²) in [6.45, 7) is 4.45. The lowest BCUT2D eigenvalue weighted by molar-refractivity contribution is 0.125. The second kappa shape index (κ2) is 10.1. The molecule has 1 saturated heterocycles. The van der Waals surface area contributed by atoms with Gasteiger partial charge in [0.15, 0.2) is 0 Å². The van der Waals surface area contributed by atoms with Crippen LogP contribution in [0.15, 0.2) is 18.2 Å². The van der Waals surface area contributed by atoms with Gasteiger partial charge in [-0.1, -0.05) is 30.5 Å². The van der Waals surface area contributed by atoms with Crippen LogP contribution in [0.5, 0.6) is 0 Å². The fourth-order valence-electron chi connectivity index (χ4n) is 4.02. The molecule has 0 spiro atoms. The van der Waals surface area contributed by atoms with E-state index in [0.29, 0.717) is 6.04 Å². The van der Waals surface area contributed by atoms with Crippen LogP contribution in [0.25, 0.3) is 0 Å². The largest absolute Gasteiger partial charge is 0.378 e. The Morgan fingerprint density at radius 2 is 1.75 bits per heavy atom. The lowest BCUT2D eigenvalue weighted by Crippen LogP contribution is -2.46. The van der Waals surface area contributed by atoms with E-state index in [1.807, 2.05) is 0 Å². The molecule has 6 heteroatoms. The van der Waals surface area contributed by atoms with E-state index in [-0.39, 0.29) is 24.8 Å². The summed E-state index contributed by atoms with van der Waals surface area (Å²) < 4.78 is 0. The van der Waals surface area contributed by atoms with Gasteiger partial charge in [-0.05, 0) is 36.5 Å². The Morgan fingerprint density at radius 1 is 1.12 bits per heavy atom. The lowest BCUT2D eigenvalue weighted by Gasteiger charge is -2.39. The molecule has 1 aromatic rings. The minimum absolute atomic E-state index is 0. The van der Waals surface area contributed by atoms with Crippen LogP contribution in [-0.4, -0.2) is 45.2 Å². The van der Waals surface area contributed by atoms with Gasteiger partial charge in [0.25, 0.3) is 0 Å². The molecule has 1 atom stereocenters. The van der Waals surface area contributed by atoms with Crippen molar-refractivity contribution in [1.82, 2.24) is 10.2 Å². The van der Waals surface area contributed by atoms with Crippen molar-refractivity contribution in [2.75, 3.05) is 45.2 Å². The van der Waals surface area contributed by atoms with Gasteiger partial charge in [-0.2, -0.15) is 0 Å².